The summed E-state index contributed by atoms with van der Waals surface area (Å²) in [7, 11) is 1.63. The van der Waals surface area contributed by atoms with Crippen molar-refractivity contribution in [3.8, 4) is 22.9 Å². The molecule has 5 nitrogen and oxygen atoms in total. The number of ether oxygens (including phenoxy) is 1. The van der Waals surface area contributed by atoms with Gasteiger partial charge in [-0.2, -0.15) is 5.26 Å². The number of para-hydroxylation sites is 1. The van der Waals surface area contributed by atoms with Crippen molar-refractivity contribution in [1.29, 1.82) is 5.26 Å². The second-order valence-electron chi connectivity index (χ2n) is 4.86. The van der Waals surface area contributed by atoms with Gasteiger partial charge < -0.3 is 10.1 Å². The predicted molar refractivity (Wildman–Crippen MR) is 77.3 cm³/mol. The molecule has 0 unspecified atom stereocenters. The van der Waals surface area contributed by atoms with Crippen molar-refractivity contribution in [2.24, 2.45) is 0 Å². The van der Waals surface area contributed by atoms with Crippen molar-refractivity contribution in [2.45, 2.75) is 19.4 Å². The highest BCUT2D eigenvalue weighted by molar-refractivity contribution is 5.69. The van der Waals surface area contributed by atoms with E-state index in [1.165, 1.54) is 0 Å². The number of benzene rings is 1. The minimum Gasteiger partial charge on any atom is -0.496 e. The lowest BCUT2D eigenvalue weighted by Gasteiger charge is -2.17. The summed E-state index contributed by atoms with van der Waals surface area (Å²) in [6, 6.07) is 9.83. The highest BCUT2D eigenvalue weighted by Crippen LogP contribution is 2.28. The van der Waals surface area contributed by atoms with Crippen LogP contribution in [0.25, 0.3) is 11.1 Å². The molecule has 0 spiro atoms. The van der Waals surface area contributed by atoms with Gasteiger partial charge in [0.15, 0.2) is 0 Å². The second kappa shape index (κ2) is 5.57. The summed E-state index contributed by atoms with van der Waals surface area (Å²) in [5.41, 5.74) is 1.09. The quantitative estimate of drug-likeness (QED) is 0.923. The molecule has 1 aromatic heterocycles. The fraction of sp³-hybridized carbons (Fsp3) is 0.267. The number of hydrogen-bond donors (Lipinski definition) is 1. The van der Waals surface area contributed by atoms with Crippen LogP contribution in [-0.2, 0) is 0 Å². The number of hydrogen-bond acceptors (Lipinski definition) is 5. The van der Waals surface area contributed by atoms with E-state index in [9.17, 15) is 0 Å². The Hall–Kier alpha value is -2.61. The van der Waals surface area contributed by atoms with Gasteiger partial charge in [0.2, 0.25) is 5.95 Å². The molecule has 2 rings (SSSR count). The van der Waals surface area contributed by atoms with Gasteiger partial charge in [0.1, 0.15) is 11.3 Å². The van der Waals surface area contributed by atoms with Gasteiger partial charge in [-0.1, -0.05) is 18.2 Å². The highest BCUT2D eigenvalue weighted by atomic mass is 16.5. The molecular formula is C15H16N4O. The third-order valence-corrected chi connectivity index (χ3v) is 2.77. The molecule has 1 N–H and O–H groups in total. The molecule has 5 heteroatoms. The van der Waals surface area contributed by atoms with Crippen LogP contribution < -0.4 is 10.1 Å². The molecule has 1 heterocycles. The Balaban J connectivity index is 2.27. The van der Waals surface area contributed by atoms with Gasteiger partial charge in [0.25, 0.3) is 0 Å². The lowest BCUT2D eigenvalue weighted by molar-refractivity contribution is 0.416. The van der Waals surface area contributed by atoms with E-state index < -0.39 is 5.54 Å². The van der Waals surface area contributed by atoms with E-state index in [2.05, 4.69) is 21.4 Å². The Morgan fingerprint density at radius 2 is 1.85 bits per heavy atom. The van der Waals surface area contributed by atoms with Gasteiger partial charge in [-0.25, -0.2) is 9.97 Å². The molecule has 2 aromatic rings. The first-order valence-corrected chi connectivity index (χ1v) is 6.20. The zero-order chi connectivity index (χ0) is 14.6. The van der Waals surface area contributed by atoms with E-state index in [1.807, 2.05) is 24.3 Å². The van der Waals surface area contributed by atoms with Crippen molar-refractivity contribution in [2.75, 3.05) is 12.4 Å². The largest absolute Gasteiger partial charge is 0.496 e. The summed E-state index contributed by atoms with van der Waals surface area (Å²) in [4.78, 5) is 8.47. The average molecular weight is 268 g/mol. The molecule has 0 fully saturated rings. The van der Waals surface area contributed by atoms with Crippen LogP contribution in [0.15, 0.2) is 36.7 Å². The third kappa shape index (κ3) is 3.04. The first-order chi connectivity index (χ1) is 9.55. The Morgan fingerprint density at radius 1 is 1.20 bits per heavy atom. The zero-order valence-corrected chi connectivity index (χ0v) is 11.7. The van der Waals surface area contributed by atoms with Crippen LogP contribution >= 0.6 is 0 Å². The SMILES string of the molecule is COc1ccccc1-c1cnc(NC(C)(C)C#N)nc1. The first-order valence-electron chi connectivity index (χ1n) is 6.20. The Labute approximate surface area is 118 Å². The van der Waals surface area contributed by atoms with Crippen LogP contribution in [0, 0.1) is 11.3 Å². The number of nitrogens with zero attached hydrogens (tertiary/aromatic N) is 3. The normalized spacial score (nSPS) is 10.7. The molecule has 20 heavy (non-hydrogen) atoms. The number of rotatable bonds is 4. The van der Waals surface area contributed by atoms with Crippen LogP contribution in [0.5, 0.6) is 5.75 Å². The molecule has 0 aliphatic rings. The molecule has 0 saturated heterocycles. The highest BCUT2D eigenvalue weighted by Gasteiger charge is 2.17. The van der Waals surface area contributed by atoms with Crippen molar-refractivity contribution >= 4 is 5.95 Å². The Kier molecular flexibility index (Phi) is 3.85. The van der Waals surface area contributed by atoms with E-state index in [0.717, 1.165) is 16.9 Å². The number of nitrogens with one attached hydrogen (secondary N) is 1. The number of methoxy groups -OCH3 is 1. The molecule has 102 valence electrons. The van der Waals surface area contributed by atoms with Crippen LogP contribution in [0.2, 0.25) is 0 Å². The molecule has 0 bridgehead atoms. The number of aromatic nitrogens is 2. The fourth-order valence-electron chi connectivity index (χ4n) is 1.72. The smallest absolute Gasteiger partial charge is 0.223 e. The summed E-state index contributed by atoms with van der Waals surface area (Å²) in [5, 5.41) is 11.9. The first kappa shape index (κ1) is 13.8. The lowest BCUT2D eigenvalue weighted by Crippen LogP contribution is -2.29. The molecular weight excluding hydrogens is 252 g/mol. The van der Waals surface area contributed by atoms with E-state index in [0.29, 0.717) is 5.95 Å². The fourth-order valence-corrected chi connectivity index (χ4v) is 1.72. The van der Waals surface area contributed by atoms with Gasteiger partial charge in [-0.15, -0.1) is 0 Å². The van der Waals surface area contributed by atoms with Gasteiger partial charge in [0.05, 0.1) is 13.2 Å². The molecule has 1 aromatic carbocycles. The van der Waals surface area contributed by atoms with E-state index in [4.69, 9.17) is 10.00 Å². The summed E-state index contributed by atoms with van der Waals surface area (Å²) in [6.45, 7) is 3.54. The predicted octanol–water partition coefficient (Wildman–Crippen LogP) is 2.87. The summed E-state index contributed by atoms with van der Waals surface area (Å²) in [5.74, 6) is 1.20. The van der Waals surface area contributed by atoms with Crippen molar-refractivity contribution in [3.63, 3.8) is 0 Å². The van der Waals surface area contributed by atoms with E-state index in [-0.39, 0.29) is 0 Å². The Morgan fingerprint density at radius 3 is 2.45 bits per heavy atom. The van der Waals surface area contributed by atoms with Crippen LogP contribution in [0.1, 0.15) is 13.8 Å². The monoisotopic (exact) mass is 268 g/mol. The third-order valence-electron chi connectivity index (χ3n) is 2.77. The zero-order valence-electron chi connectivity index (χ0n) is 11.7. The number of anilines is 1. The van der Waals surface area contributed by atoms with Crippen molar-refractivity contribution < 1.29 is 4.74 Å². The van der Waals surface area contributed by atoms with Gasteiger partial charge in [-0.3, -0.25) is 0 Å². The maximum atomic E-state index is 8.97. The number of nitriles is 1. The van der Waals surface area contributed by atoms with E-state index in [1.54, 1.807) is 33.4 Å². The molecule has 0 saturated carbocycles. The summed E-state index contributed by atoms with van der Waals surface area (Å²) < 4.78 is 5.31. The van der Waals surface area contributed by atoms with Crippen LogP contribution in [0.4, 0.5) is 5.95 Å². The molecule has 0 atom stereocenters. The van der Waals surface area contributed by atoms with Gasteiger partial charge in [0, 0.05) is 23.5 Å². The summed E-state index contributed by atoms with van der Waals surface area (Å²) in [6.07, 6.45) is 3.42. The van der Waals surface area contributed by atoms with Gasteiger partial charge in [-0.05, 0) is 19.9 Å². The molecule has 0 aliphatic carbocycles. The molecule has 0 radical (unpaired) electrons. The maximum absolute atomic E-state index is 8.97. The standard InChI is InChI=1S/C15H16N4O/c1-15(2,10-16)19-14-17-8-11(9-18-14)12-6-4-5-7-13(12)20-3/h4-9H,1-3H3,(H,17,18,19). The van der Waals surface area contributed by atoms with Gasteiger partial charge >= 0.3 is 0 Å². The molecule has 0 amide bonds. The van der Waals surface area contributed by atoms with Crippen molar-refractivity contribution in [1.82, 2.24) is 9.97 Å². The summed E-state index contributed by atoms with van der Waals surface area (Å²) >= 11 is 0. The van der Waals surface area contributed by atoms with E-state index >= 15 is 0 Å². The topological polar surface area (TPSA) is 70.8 Å². The lowest BCUT2D eigenvalue weighted by atomic mass is 10.1. The maximum Gasteiger partial charge on any atom is 0.223 e. The second-order valence-corrected chi connectivity index (χ2v) is 4.86. The minimum absolute atomic E-state index is 0.426. The average Bonchev–Trinajstić information content (AvgIpc) is 2.48. The van der Waals surface area contributed by atoms with Crippen LogP contribution in [0.3, 0.4) is 0 Å². The minimum atomic E-state index is -0.702. The molecule has 0 aliphatic heterocycles. The van der Waals surface area contributed by atoms with Crippen molar-refractivity contribution in [3.05, 3.63) is 36.7 Å². The Bertz CT molecular complexity index is 629. The van der Waals surface area contributed by atoms with Crippen LogP contribution in [-0.4, -0.2) is 22.6 Å².